The van der Waals surface area contributed by atoms with E-state index in [0.717, 1.165) is 34.1 Å². The van der Waals surface area contributed by atoms with Crippen LogP contribution in [0.2, 0.25) is 0 Å². The number of methoxy groups -OCH3 is 2. The van der Waals surface area contributed by atoms with Gasteiger partial charge in [0.1, 0.15) is 17.2 Å². The summed E-state index contributed by atoms with van der Waals surface area (Å²) in [6.07, 6.45) is 2.76. The first-order valence-corrected chi connectivity index (χ1v) is 9.78. The van der Waals surface area contributed by atoms with E-state index in [1.54, 1.807) is 14.2 Å². The average molecular weight is 400 g/mol. The lowest BCUT2D eigenvalue weighted by atomic mass is 10.1. The van der Waals surface area contributed by atoms with Crippen LogP contribution in [0.25, 0.3) is 0 Å². The fraction of sp³-hybridized carbons (Fsp3) is 0.160. The van der Waals surface area contributed by atoms with E-state index < -0.39 is 0 Å². The van der Waals surface area contributed by atoms with Crippen molar-refractivity contribution in [3.63, 3.8) is 0 Å². The molecule has 4 rings (SSSR count). The van der Waals surface area contributed by atoms with E-state index in [0.29, 0.717) is 19.0 Å². The van der Waals surface area contributed by atoms with Gasteiger partial charge >= 0.3 is 6.01 Å². The van der Waals surface area contributed by atoms with Gasteiger partial charge in [0.05, 0.1) is 26.5 Å². The van der Waals surface area contributed by atoms with Gasteiger partial charge in [-0.3, -0.25) is 4.57 Å². The third-order valence-electron chi connectivity index (χ3n) is 4.80. The van der Waals surface area contributed by atoms with Gasteiger partial charge in [0.25, 0.3) is 0 Å². The highest BCUT2D eigenvalue weighted by atomic mass is 16.5. The molecule has 4 aromatic rings. The Morgan fingerprint density at radius 2 is 1.30 bits per heavy atom. The molecule has 0 N–H and O–H groups in total. The van der Waals surface area contributed by atoms with E-state index in [2.05, 4.69) is 12.1 Å². The first-order chi connectivity index (χ1) is 14.7. The number of nitrogens with zero attached hydrogens (tertiary/aromatic N) is 2. The summed E-state index contributed by atoms with van der Waals surface area (Å²) < 4.78 is 18.6. The highest BCUT2D eigenvalue weighted by Gasteiger charge is 2.12. The number of hydrogen-bond donors (Lipinski definition) is 0. The summed E-state index contributed by atoms with van der Waals surface area (Å²) in [5.74, 6) is 2.44. The second-order valence-electron chi connectivity index (χ2n) is 6.93. The maximum Gasteiger partial charge on any atom is 0.302 e. The lowest BCUT2D eigenvalue weighted by Gasteiger charge is -2.09. The monoisotopic (exact) mass is 400 g/mol. The molecule has 0 atom stereocenters. The van der Waals surface area contributed by atoms with Crippen LogP contribution in [0.5, 0.6) is 23.3 Å². The van der Waals surface area contributed by atoms with E-state index in [9.17, 15) is 0 Å². The van der Waals surface area contributed by atoms with Gasteiger partial charge in [0, 0.05) is 12.6 Å². The van der Waals surface area contributed by atoms with Crippen LogP contribution >= 0.6 is 0 Å². The van der Waals surface area contributed by atoms with E-state index in [1.807, 2.05) is 77.5 Å². The molecule has 0 aliphatic rings. The summed E-state index contributed by atoms with van der Waals surface area (Å²) in [5.41, 5.74) is 3.25. The number of ether oxygens (including phenoxy) is 3. The minimum Gasteiger partial charge on any atom is -0.497 e. The maximum atomic E-state index is 6.09. The molecule has 0 aliphatic carbocycles. The average Bonchev–Trinajstić information content (AvgIpc) is 3.16. The molecule has 0 aliphatic heterocycles. The molecule has 0 saturated carbocycles. The topological polar surface area (TPSA) is 45.5 Å². The minimum absolute atomic E-state index is 0.570. The predicted octanol–water partition coefficient (Wildman–Crippen LogP) is 5.33. The van der Waals surface area contributed by atoms with Crippen LogP contribution in [0.1, 0.15) is 16.8 Å². The molecule has 0 saturated heterocycles. The van der Waals surface area contributed by atoms with E-state index >= 15 is 0 Å². The van der Waals surface area contributed by atoms with Crippen LogP contribution < -0.4 is 14.2 Å². The fourth-order valence-corrected chi connectivity index (χ4v) is 3.21. The number of hydrogen-bond acceptors (Lipinski definition) is 4. The Labute approximate surface area is 176 Å². The lowest BCUT2D eigenvalue weighted by molar-refractivity contribution is 0.413. The normalized spacial score (nSPS) is 10.6. The maximum absolute atomic E-state index is 6.09. The molecule has 3 aromatic carbocycles. The van der Waals surface area contributed by atoms with Crippen molar-refractivity contribution in [1.29, 1.82) is 0 Å². The van der Waals surface area contributed by atoms with E-state index in [4.69, 9.17) is 19.2 Å². The summed E-state index contributed by atoms with van der Waals surface area (Å²) in [6.45, 7) is 0.655. The predicted molar refractivity (Wildman–Crippen MR) is 117 cm³/mol. The Morgan fingerprint density at radius 1 is 0.700 bits per heavy atom. The molecule has 0 bridgehead atoms. The van der Waals surface area contributed by atoms with Gasteiger partial charge in [0.15, 0.2) is 0 Å². The van der Waals surface area contributed by atoms with Crippen molar-refractivity contribution in [2.45, 2.75) is 13.0 Å². The first kappa shape index (κ1) is 19.6. The van der Waals surface area contributed by atoms with Crippen molar-refractivity contribution in [1.82, 2.24) is 9.55 Å². The van der Waals surface area contributed by atoms with E-state index in [1.165, 1.54) is 0 Å². The van der Waals surface area contributed by atoms with Gasteiger partial charge in [-0.25, -0.2) is 0 Å². The highest BCUT2D eigenvalue weighted by molar-refractivity contribution is 5.32. The van der Waals surface area contributed by atoms with Gasteiger partial charge in [-0.1, -0.05) is 42.5 Å². The Kier molecular flexibility index (Phi) is 5.99. The second-order valence-corrected chi connectivity index (χ2v) is 6.93. The minimum atomic E-state index is 0.570. The number of para-hydroxylation sites is 1. The molecular formula is C25H24N2O3. The van der Waals surface area contributed by atoms with E-state index in [-0.39, 0.29) is 0 Å². The largest absolute Gasteiger partial charge is 0.497 e. The Balaban J connectivity index is 1.59. The zero-order valence-electron chi connectivity index (χ0n) is 17.1. The Hall–Kier alpha value is -3.73. The van der Waals surface area contributed by atoms with Crippen LogP contribution in [0, 0.1) is 0 Å². The summed E-state index contributed by atoms with van der Waals surface area (Å²) in [7, 11) is 3.34. The van der Waals surface area contributed by atoms with Gasteiger partial charge < -0.3 is 14.2 Å². The van der Waals surface area contributed by atoms with Gasteiger partial charge in [0.2, 0.25) is 0 Å². The number of rotatable bonds is 8. The molecule has 152 valence electrons. The molecular weight excluding hydrogens is 376 g/mol. The molecule has 30 heavy (non-hydrogen) atoms. The number of imidazole rings is 1. The lowest BCUT2D eigenvalue weighted by Crippen LogP contribution is -2.01. The smallest absolute Gasteiger partial charge is 0.302 e. The zero-order valence-corrected chi connectivity index (χ0v) is 17.1. The Bertz CT molecular complexity index is 1070. The van der Waals surface area contributed by atoms with Gasteiger partial charge in [-0.2, -0.15) is 4.98 Å². The third-order valence-corrected chi connectivity index (χ3v) is 4.80. The molecule has 0 unspecified atom stereocenters. The number of benzene rings is 3. The standard InChI is InChI=1S/C25H24N2O3/c1-28-22-12-8-19(9-13-22)16-21-18-27(17-20-10-14-23(29-2)15-11-20)25(26-21)30-24-6-4-3-5-7-24/h3-15,18H,16-17H2,1-2H3. The van der Waals surface area contributed by atoms with Crippen molar-refractivity contribution in [3.05, 3.63) is 102 Å². The van der Waals surface area contributed by atoms with Crippen molar-refractivity contribution < 1.29 is 14.2 Å². The van der Waals surface area contributed by atoms with Crippen LogP contribution in [0.15, 0.2) is 85.1 Å². The molecule has 0 radical (unpaired) electrons. The molecule has 0 spiro atoms. The van der Waals surface area contributed by atoms with Crippen molar-refractivity contribution in [2.75, 3.05) is 14.2 Å². The molecule has 0 amide bonds. The summed E-state index contributed by atoms with van der Waals surface area (Å²) in [6, 6.07) is 26.3. The SMILES string of the molecule is COc1ccc(Cc2cn(Cc3ccc(OC)cc3)c(Oc3ccccc3)n2)cc1. The van der Waals surface area contributed by atoms with Crippen LogP contribution in [0.4, 0.5) is 0 Å². The van der Waals surface area contributed by atoms with Crippen LogP contribution in [-0.4, -0.2) is 23.8 Å². The summed E-state index contributed by atoms with van der Waals surface area (Å²) in [4.78, 5) is 4.76. The summed E-state index contributed by atoms with van der Waals surface area (Å²) in [5, 5.41) is 0. The molecule has 1 heterocycles. The second kappa shape index (κ2) is 9.18. The van der Waals surface area contributed by atoms with Crippen LogP contribution in [0.3, 0.4) is 0 Å². The molecule has 1 aromatic heterocycles. The summed E-state index contributed by atoms with van der Waals surface area (Å²) >= 11 is 0. The zero-order chi connectivity index (χ0) is 20.8. The number of aromatic nitrogens is 2. The Morgan fingerprint density at radius 3 is 1.90 bits per heavy atom. The van der Waals surface area contributed by atoms with Crippen molar-refractivity contribution in [2.24, 2.45) is 0 Å². The third kappa shape index (κ3) is 4.81. The molecule has 5 nitrogen and oxygen atoms in total. The highest BCUT2D eigenvalue weighted by Crippen LogP contribution is 2.24. The fourth-order valence-electron chi connectivity index (χ4n) is 3.21. The van der Waals surface area contributed by atoms with Crippen LogP contribution in [-0.2, 0) is 13.0 Å². The van der Waals surface area contributed by atoms with Crippen molar-refractivity contribution >= 4 is 0 Å². The van der Waals surface area contributed by atoms with Gasteiger partial charge in [-0.15, -0.1) is 0 Å². The molecule has 5 heteroatoms. The quantitative estimate of drug-likeness (QED) is 0.401. The van der Waals surface area contributed by atoms with Crippen molar-refractivity contribution in [3.8, 4) is 23.3 Å². The first-order valence-electron chi connectivity index (χ1n) is 9.78. The van der Waals surface area contributed by atoms with Gasteiger partial charge in [-0.05, 0) is 47.5 Å². The molecule has 0 fully saturated rings.